The third-order valence-electron chi connectivity index (χ3n) is 4.10. The predicted octanol–water partition coefficient (Wildman–Crippen LogP) is 1.37. The molecule has 0 saturated carbocycles. The minimum absolute atomic E-state index is 0.254. The Bertz CT molecular complexity index is 986. The van der Waals surface area contributed by atoms with Gasteiger partial charge in [0.15, 0.2) is 0 Å². The van der Waals surface area contributed by atoms with E-state index in [0.717, 1.165) is 21.2 Å². The molecule has 0 aliphatic heterocycles. The monoisotopic (exact) mass is 330 g/mol. The van der Waals surface area contributed by atoms with Gasteiger partial charge in [-0.2, -0.15) is 0 Å². The van der Waals surface area contributed by atoms with E-state index < -0.39 is 5.69 Å². The largest absolute Gasteiger partial charge is 0.357 e. The molecule has 0 aliphatic rings. The maximum atomic E-state index is 13.2. The Balaban J connectivity index is 1.67. The summed E-state index contributed by atoms with van der Waals surface area (Å²) in [6.45, 7) is 1.31. The lowest BCUT2D eigenvalue weighted by molar-refractivity contribution is 0.327. The van der Waals surface area contributed by atoms with Crippen LogP contribution in [0.4, 0.5) is 4.39 Å². The van der Waals surface area contributed by atoms with E-state index in [9.17, 15) is 14.0 Å². The minimum Gasteiger partial charge on any atom is -0.357 e. The van der Waals surface area contributed by atoms with E-state index >= 15 is 0 Å². The molecular weight excluding hydrogens is 311 g/mol. The van der Waals surface area contributed by atoms with Gasteiger partial charge in [0.1, 0.15) is 5.82 Å². The molecule has 0 saturated heterocycles. The molecule has 3 rings (SSSR count). The van der Waals surface area contributed by atoms with E-state index in [4.69, 9.17) is 0 Å². The third kappa shape index (κ3) is 3.30. The van der Waals surface area contributed by atoms with Crippen molar-refractivity contribution in [3.05, 3.63) is 68.4 Å². The van der Waals surface area contributed by atoms with Crippen LogP contribution in [0, 0.1) is 5.82 Å². The van der Waals surface area contributed by atoms with Crippen molar-refractivity contribution < 1.29 is 4.39 Å². The van der Waals surface area contributed by atoms with Crippen LogP contribution in [0.1, 0.15) is 11.3 Å². The zero-order valence-corrected chi connectivity index (χ0v) is 13.6. The molecule has 2 N–H and O–H groups in total. The van der Waals surface area contributed by atoms with Gasteiger partial charge < -0.3 is 14.9 Å². The van der Waals surface area contributed by atoms with Gasteiger partial charge in [-0.25, -0.2) is 9.18 Å². The molecule has 0 fully saturated rings. The molecule has 2 aromatic heterocycles. The van der Waals surface area contributed by atoms with Gasteiger partial charge in [-0.15, -0.1) is 0 Å². The SMILES string of the molecule is CN(CCc1c[nH]c(=O)n(C)c1=O)Cc1cc2cc(F)ccc2[nH]1. The van der Waals surface area contributed by atoms with Gasteiger partial charge in [0.25, 0.3) is 5.56 Å². The first-order valence-electron chi connectivity index (χ1n) is 7.67. The zero-order valence-electron chi connectivity index (χ0n) is 13.6. The standard InChI is InChI=1S/C17H19FN4O2/c1-21(6-5-11-9-19-17(24)22(2)16(11)23)10-14-8-12-7-13(18)3-4-15(12)20-14/h3-4,7-9,20H,5-6,10H2,1-2H3,(H,19,24). The van der Waals surface area contributed by atoms with Gasteiger partial charge in [0.2, 0.25) is 0 Å². The Hall–Kier alpha value is -2.67. The predicted molar refractivity (Wildman–Crippen MR) is 90.6 cm³/mol. The second kappa shape index (κ2) is 6.45. The summed E-state index contributed by atoms with van der Waals surface area (Å²) >= 11 is 0. The number of aromatic amines is 2. The number of hydrogen-bond acceptors (Lipinski definition) is 3. The summed E-state index contributed by atoms with van der Waals surface area (Å²) in [6.07, 6.45) is 2.01. The van der Waals surface area contributed by atoms with Crippen LogP contribution in [0.3, 0.4) is 0 Å². The molecule has 0 radical (unpaired) electrons. The van der Waals surface area contributed by atoms with Crippen LogP contribution in [0.2, 0.25) is 0 Å². The highest BCUT2D eigenvalue weighted by Crippen LogP contribution is 2.17. The van der Waals surface area contributed by atoms with Gasteiger partial charge in [-0.05, 0) is 37.7 Å². The number of nitrogens with one attached hydrogen (secondary N) is 2. The highest BCUT2D eigenvalue weighted by atomic mass is 19.1. The first kappa shape index (κ1) is 16.2. The van der Waals surface area contributed by atoms with E-state index in [1.807, 2.05) is 13.1 Å². The maximum absolute atomic E-state index is 13.2. The molecular formula is C17H19FN4O2. The van der Waals surface area contributed by atoms with Crippen LogP contribution in [0.25, 0.3) is 10.9 Å². The molecule has 0 amide bonds. The lowest BCUT2D eigenvalue weighted by Gasteiger charge is -2.15. The van der Waals surface area contributed by atoms with Gasteiger partial charge in [0.05, 0.1) is 0 Å². The summed E-state index contributed by atoms with van der Waals surface area (Å²) < 4.78 is 14.3. The van der Waals surface area contributed by atoms with Crippen LogP contribution < -0.4 is 11.2 Å². The molecule has 0 spiro atoms. The molecule has 6 nitrogen and oxygen atoms in total. The summed E-state index contributed by atoms with van der Waals surface area (Å²) in [7, 11) is 3.40. The number of aromatic nitrogens is 3. The van der Waals surface area contributed by atoms with Crippen molar-refractivity contribution >= 4 is 10.9 Å². The van der Waals surface area contributed by atoms with E-state index in [1.54, 1.807) is 6.07 Å². The second-order valence-corrected chi connectivity index (χ2v) is 6.00. The molecule has 126 valence electrons. The molecule has 0 unspecified atom stereocenters. The summed E-state index contributed by atoms with van der Waals surface area (Å²) in [4.78, 5) is 31.2. The quantitative estimate of drug-likeness (QED) is 0.742. The Morgan fingerprint density at radius 2 is 2.04 bits per heavy atom. The summed E-state index contributed by atoms with van der Waals surface area (Å²) in [5, 5.41) is 0.841. The van der Waals surface area contributed by atoms with Gasteiger partial charge in [-0.3, -0.25) is 9.36 Å². The molecule has 0 aliphatic carbocycles. The van der Waals surface area contributed by atoms with Gasteiger partial charge in [-0.1, -0.05) is 0 Å². The normalized spacial score (nSPS) is 11.5. The van der Waals surface area contributed by atoms with Crippen LogP contribution in [-0.2, 0) is 20.0 Å². The van der Waals surface area contributed by atoms with E-state index in [2.05, 4.69) is 14.9 Å². The van der Waals surface area contributed by atoms with Crippen molar-refractivity contribution in [3.8, 4) is 0 Å². The maximum Gasteiger partial charge on any atom is 0.328 e. The summed E-state index contributed by atoms with van der Waals surface area (Å²) in [5.74, 6) is -0.254. The lowest BCUT2D eigenvalue weighted by Crippen LogP contribution is -2.35. The second-order valence-electron chi connectivity index (χ2n) is 6.00. The van der Waals surface area contributed by atoms with Crippen molar-refractivity contribution in [3.63, 3.8) is 0 Å². The number of fused-ring (bicyclic) bond motifs is 1. The van der Waals surface area contributed by atoms with Gasteiger partial charge >= 0.3 is 5.69 Å². The zero-order chi connectivity index (χ0) is 17.3. The summed E-state index contributed by atoms with van der Waals surface area (Å²) in [5.41, 5.74) is 1.76. The van der Waals surface area contributed by atoms with E-state index in [1.165, 1.54) is 25.4 Å². The Morgan fingerprint density at radius 1 is 1.25 bits per heavy atom. The van der Waals surface area contributed by atoms with Crippen LogP contribution in [0.15, 0.2) is 40.1 Å². The highest BCUT2D eigenvalue weighted by molar-refractivity contribution is 5.80. The Kier molecular flexibility index (Phi) is 4.35. The number of hydrogen-bond donors (Lipinski definition) is 2. The smallest absolute Gasteiger partial charge is 0.328 e. The Morgan fingerprint density at radius 3 is 2.83 bits per heavy atom. The van der Waals surface area contributed by atoms with Crippen molar-refractivity contribution in [2.45, 2.75) is 13.0 Å². The molecule has 1 aromatic carbocycles. The number of benzene rings is 1. The van der Waals surface area contributed by atoms with Crippen LogP contribution >= 0.6 is 0 Å². The van der Waals surface area contributed by atoms with Crippen LogP contribution in [0.5, 0.6) is 0 Å². The first-order valence-corrected chi connectivity index (χ1v) is 7.67. The molecule has 7 heteroatoms. The molecule has 24 heavy (non-hydrogen) atoms. The summed E-state index contributed by atoms with van der Waals surface area (Å²) in [6, 6.07) is 6.57. The number of H-pyrrole nitrogens is 2. The topological polar surface area (TPSA) is 73.9 Å². The van der Waals surface area contributed by atoms with Crippen molar-refractivity contribution in [2.24, 2.45) is 7.05 Å². The number of rotatable bonds is 5. The van der Waals surface area contributed by atoms with Crippen LogP contribution in [-0.4, -0.2) is 33.0 Å². The molecule has 2 heterocycles. The number of nitrogens with zero attached hydrogens (tertiary/aromatic N) is 2. The highest BCUT2D eigenvalue weighted by Gasteiger charge is 2.08. The Labute approximate surface area is 137 Å². The van der Waals surface area contributed by atoms with Crippen molar-refractivity contribution in [1.29, 1.82) is 0 Å². The fourth-order valence-corrected chi connectivity index (χ4v) is 2.72. The fourth-order valence-electron chi connectivity index (χ4n) is 2.72. The average Bonchev–Trinajstić information content (AvgIpc) is 2.93. The van der Waals surface area contributed by atoms with E-state index in [0.29, 0.717) is 25.1 Å². The number of halogens is 1. The van der Waals surface area contributed by atoms with Gasteiger partial charge in [0, 0.05) is 48.5 Å². The average molecular weight is 330 g/mol. The van der Waals surface area contributed by atoms with Crippen molar-refractivity contribution in [2.75, 3.05) is 13.6 Å². The van der Waals surface area contributed by atoms with Crippen molar-refractivity contribution in [1.82, 2.24) is 19.4 Å². The minimum atomic E-state index is -0.414. The first-order chi connectivity index (χ1) is 11.4. The van der Waals surface area contributed by atoms with E-state index in [-0.39, 0.29) is 11.4 Å². The number of likely N-dealkylation sites (N-methyl/N-ethyl adjacent to an activating group) is 1. The third-order valence-corrected chi connectivity index (χ3v) is 4.10. The fraction of sp³-hybridized carbons (Fsp3) is 0.294. The molecule has 0 bridgehead atoms. The lowest BCUT2D eigenvalue weighted by atomic mass is 10.2. The molecule has 3 aromatic rings. The molecule has 0 atom stereocenters.